The lowest BCUT2D eigenvalue weighted by molar-refractivity contribution is 0.628. The molecule has 11 heteroatoms. The maximum Gasteiger partial charge on any atom is 0.162 e. The van der Waals surface area contributed by atoms with E-state index in [0.717, 1.165) is 0 Å². The van der Waals surface area contributed by atoms with Gasteiger partial charge in [0.25, 0.3) is 0 Å². The molecule has 3 aromatic heterocycles. The lowest BCUT2D eigenvalue weighted by Gasteiger charge is -2.19. The average Bonchev–Trinajstić information content (AvgIpc) is 3.20. The smallest absolute Gasteiger partial charge is 0.162 e. The van der Waals surface area contributed by atoms with Gasteiger partial charge < -0.3 is 20.9 Å². The first kappa shape index (κ1) is 18.6. The minimum Gasteiger partial charge on any atom is -0.359 e. The first-order chi connectivity index (χ1) is 14.1. The van der Waals surface area contributed by atoms with E-state index in [4.69, 9.17) is 12.2 Å². The number of nitrogens with zero attached hydrogens (tertiary/aromatic N) is 5. The van der Waals surface area contributed by atoms with Crippen molar-refractivity contribution in [2.45, 2.75) is 13.0 Å². The molecule has 0 aliphatic rings. The summed E-state index contributed by atoms with van der Waals surface area (Å²) in [6.07, 6.45) is 5.99. The molecule has 1 aromatic carbocycles. The van der Waals surface area contributed by atoms with Gasteiger partial charge in [-0.1, -0.05) is 12.2 Å². The highest BCUT2D eigenvalue weighted by Gasteiger charge is 2.15. The van der Waals surface area contributed by atoms with Gasteiger partial charge in [0, 0.05) is 6.20 Å². The monoisotopic (exact) mass is 409 g/mol. The molecule has 0 bridgehead atoms. The SMILES string of the molecule is CC(Nc1ncnc2[nH]cnc12)C(=S)Nc1ccc(F)cc1Nc1ccncn1. The Morgan fingerprint density at radius 1 is 1.10 bits per heavy atom. The summed E-state index contributed by atoms with van der Waals surface area (Å²) in [4.78, 5) is 23.9. The van der Waals surface area contributed by atoms with Crippen LogP contribution in [0.2, 0.25) is 0 Å². The maximum absolute atomic E-state index is 13.8. The summed E-state index contributed by atoms with van der Waals surface area (Å²) in [5.41, 5.74) is 2.35. The number of nitrogens with one attached hydrogen (secondary N) is 4. The van der Waals surface area contributed by atoms with Gasteiger partial charge >= 0.3 is 0 Å². The molecule has 146 valence electrons. The van der Waals surface area contributed by atoms with Crippen LogP contribution >= 0.6 is 12.2 Å². The number of rotatable bonds is 6. The lowest BCUT2D eigenvalue weighted by atomic mass is 10.2. The molecule has 3 heterocycles. The van der Waals surface area contributed by atoms with Gasteiger partial charge in [0.2, 0.25) is 0 Å². The van der Waals surface area contributed by atoms with Gasteiger partial charge in [-0.15, -0.1) is 0 Å². The number of halogens is 1. The Morgan fingerprint density at radius 3 is 2.83 bits per heavy atom. The van der Waals surface area contributed by atoms with Crippen LogP contribution in [0, 0.1) is 5.82 Å². The van der Waals surface area contributed by atoms with Crippen LogP contribution in [0.3, 0.4) is 0 Å². The summed E-state index contributed by atoms with van der Waals surface area (Å²) < 4.78 is 13.8. The number of hydrogen-bond donors (Lipinski definition) is 4. The number of aromatic nitrogens is 6. The molecule has 0 amide bonds. The van der Waals surface area contributed by atoms with Gasteiger partial charge in [0.15, 0.2) is 11.5 Å². The zero-order chi connectivity index (χ0) is 20.2. The van der Waals surface area contributed by atoms with Gasteiger partial charge in [0.1, 0.15) is 34.8 Å². The Balaban J connectivity index is 1.51. The molecule has 1 unspecified atom stereocenters. The molecule has 0 aliphatic heterocycles. The Morgan fingerprint density at radius 2 is 2.00 bits per heavy atom. The van der Waals surface area contributed by atoms with E-state index in [1.54, 1.807) is 24.7 Å². The van der Waals surface area contributed by atoms with E-state index in [1.165, 1.54) is 24.8 Å². The summed E-state index contributed by atoms with van der Waals surface area (Å²) in [5, 5.41) is 9.42. The van der Waals surface area contributed by atoms with Crippen LogP contribution in [0.25, 0.3) is 11.2 Å². The van der Waals surface area contributed by atoms with Gasteiger partial charge in [-0.25, -0.2) is 29.3 Å². The number of benzene rings is 1. The minimum absolute atomic E-state index is 0.281. The highest BCUT2D eigenvalue weighted by molar-refractivity contribution is 7.80. The lowest BCUT2D eigenvalue weighted by Crippen LogP contribution is -2.31. The Hall–Kier alpha value is -3.73. The zero-order valence-electron chi connectivity index (χ0n) is 15.2. The van der Waals surface area contributed by atoms with Gasteiger partial charge in [-0.2, -0.15) is 0 Å². The first-order valence-electron chi connectivity index (χ1n) is 8.64. The minimum atomic E-state index is -0.383. The van der Waals surface area contributed by atoms with Crippen molar-refractivity contribution in [1.82, 2.24) is 29.9 Å². The summed E-state index contributed by atoms with van der Waals surface area (Å²) >= 11 is 5.52. The van der Waals surface area contributed by atoms with Crippen molar-refractivity contribution >= 4 is 51.4 Å². The van der Waals surface area contributed by atoms with Crippen LogP contribution in [-0.4, -0.2) is 40.9 Å². The van der Waals surface area contributed by atoms with Crippen molar-refractivity contribution in [2.24, 2.45) is 0 Å². The Bertz CT molecular complexity index is 1150. The van der Waals surface area contributed by atoms with Crippen LogP contribution in [0.5, 0.6) is 0 Å². The molecular formula is C18H16FN9S. The number of thiocarbonyl (C=S) groups is 1. The van der Waals surface area contributed by atoms with Gasteiger partial charge in [0.05, 0.1) is 23.7 Å². The van der Waals surface area contributed by atoms with Crippen molar-refractivity contribution in [3.63, 3.8) is 0 Å². The van der Waals surface area contributed by atoms with E-state index in [1.807, 2.05) is 6.92 Å². The predicted molar refractivity (Wildman–Crippen MR) is 113 cm³/mol. The molecule has 4 N–H and O–H groups in total. The molecule has 4 aromatic rings. The van der Waals surface area contributed by atoms with Crippen LogP contribution in [0.4, 0.5) is 27.4 Å². The van der Waals surface area contributed by atoms with E-state index < -0.39 is 0 Å². The molecule has 0 aliphatic carbocycles. The largest absolute Gasteiger partial charge is 0.359 e. The van der Waals surface area contributed by atoms with Crippen molar-refractivity contribution in [3.05, 3.63) is 55.3 Å². The van der Waals surface area contributed by atoms with E-state index in [9.17, 15) is 4.39 Å². The third kappa shape index (κ3) is 4.24. The molecule has 0 spiro atoms. The molecule has 0 fully saturated rings. The van der Waals surface area contributed by atoms with Crippen molar-refractivity contribution < 1.29 is 4.39 Å². The first-order valence-corrected chi connectivity index (χ1v) is 9.05. The Labute approximate surface area is 170 Å². The second kappa shape index (κ2) is 8.10. The van der Waals surface area contributed by atoms with E-state index in [-0.39, 0.29) is 11.9 Å². The van der Waals surface area contributed by atoms with Crippen LogP contribution in [-0.2, 0) is 0 Å². The van der Waals surface area contributed by atoms with Gasteiger partial charge in [-0.3, -0.25) is 0 Å². The predicted octanol–water partition coefficient (Wildman–Crippen LogP) is 3.27. The second-order valence-electron chi connectivity index (χ2n) is 6.09. The number of anilines is 4. The average molecular weight is 409 g/mol. The molecule has 1 atom stereocenters. The quantitative estimate of drug-likeness (QED) is 0.356. The zero-order valence-corrected chi connectivity index (χ0v) is 16.0. The second-order valence-corrected chi connectivity index (χ2v) is 6.53. The summed E-state index contributed by atoms with van der Waals surface area (Å²) in [7, 11) is 0. The maximum atomic E-state index is 13.8. The summed E-state index contributed by atoms with van der Waals surface area (Å²) in [5.74, 6) is 0.713. The topological polar surface area (TPSA) is 116 Å². The number of imidazole rings is 1. The van der Waals surface area contributed by atoms with Crippen LogP contribution in [0.15, 0.2) is 49.4 Å². The molecule has 0 radical (unpaired) electrons. The molecule has 0 saturated heterocycles. The number of fused-ring (bicyclic) bond motifs is 1. The normalized spacial score (nSPS) is 11.8. The molecule has 4 rings (SSSR count). The third-order valence-corrected chi connectivity index (χ3v) is 4.50. The van der Waals surface area contributed by atoms with E-state index in [2.05, 4.69) is 45.9 Å². The van der Waals surface area contributed by atoms with E-state index in [0.29, 0.717) is 39.2 Å². The molecule has 29 heavy (non-hydrogen) atoms. The van der Waals surface area contributed by atoms with Crippen molar-refractivity contribution in [2.75, 3.05) is 16.0 Å². The fourth-order valence-corrected chi connectivity index (χ4v) is 2.78. The standard InChI is InChI=1S/C18H16FN9S/c1-10(26-17-15-16(23-8-22-15)24-9-25-17)18(29)28-12-3-2-11(19)6-13(12)27-14-4-5-20-7-21-14/h2-10H,1H3,(H,28,29)(H,20,21,27)(H2,22,23,24,25,26). The summed E-state index contributed by atoms with van der Waals surface area (Å²) in [6.45, 7) is 1.89. The van der Waals surface area contributed by atoms with Crippen molar-refractivity contribution in [1.29, 1.82) is 0 Å². The molecular weight excluding hydrogens is 393 g/mol. The fraction of sp³-hybridized carbons (Fsp3) is 0.111. The highest BCUT2D eigenvalue weighted by Crippen LogP contribution is 2.26. The van der Waals surface area contributed by atoms with Crippen LogP contribution < -0.4 is 16.0 Å². The molecule has 9 nitrogen and oxygen atoms in total. The van der Waals surface area contributed by atoms with Crippen LogP contribution in [0.1, 0.15) is 6.92 Å². The number of aromatic amines is 1. The Kier molecular flexibility index (Phi) is 5.20. The highest BCUT2D eigenvalue weighted by atomic mass is 32.1. The fourth-order valence-electron chi connectivity index (χ4n) is 2.61. The van der Waals surface area contributed by atoms with Gasteiger partial charge in [-0.05, 0) is 31.2 Å². The number of H-pyrrole nitrogens is 1. The number of hydrogen-bond acceptors (Lipinski definition) is 8. The van der Waals surface area contributed by atoms with E-state index >= 15 is 0 Å². The molecule has 0 saturated carbocycles. The third-order valence-electron chi connectivity index (χ3n) is 4.05. The van der Waals surface area contributed by atoms with Crippen molar-refractivity contribution in [3.8, 4) is 0 Å². The summed E-state index contributed by atoms with van der Waals surface area (Å²) in [6, 6.07) is 5.72.